The van der Waals surface area contributed by atoms with Crippen molar-refractivity contribution in [3.8, 4) is 0 Å². The second-order valence-corrected chi connectivity index (χ2v) is 11.3. The molecular weight excluding hydrogens is 470 g/mol. The quantitative estimate of drug-likeness (QED) is 0.377. The molecule has 5 nitrogen and oxygen atoms in total. The van der Waals surface area contributed by atoms with Gasteiger partial charge in [-0.25, -0.2) is 0 Å². The molecule has 2 saturated carbocycles. The number of hydrogen-bond donors (Lipinski definition) is 0. The van der Waals surface area contributed by atoms with E-state index in [4.69, 9.17) is 11.6 Å². The second kappa shape index (κ2) is 12.8. The highest BCUT2D eigenvalue weighted by Gasteiger charge is 2.32. The summed E-state index contributed by atoms with van der Waals surface area (Å²) < 4.78 is 2.19. The topological polar surface area (TPSA) is 45.6 Å². The van der Waals surface area contributed by atoms with Gasteiger partial charge in [0.05, 0.1) is 6.54 Å². The first kappa shape index (κ1) is 26.8. The van der Waals surface area contributed by atoms with Gasteiger partial charge < -0.3 is 14.4 Å². The van der Waals surface area contributed by atoms with Gasteiger partial charge in [0.2, 0.25) is 11.8 Å². The lowest BCUT2D eigenvalue weighted by Crippen LogP contribution is -2.50. The summed E-state index contributed by atoms with van der Waals surface area (Å²) >= 11 is 6.44. The van der Waals surface area contributed by atoms with Gasteiger partial charge in [-0.05, 0) is 63.3 Å². The summed E-state index contributed by atoms with van der Waals surface area (Å²) in [5.74, 6) is 0.318. The first-order valence-corrected chi connectivity index (χ1v) is 14.3. The molecule has 36 heavy (non-hydrogen) atoms. The third-order valence-electron chi connectivity index (χ3n) is 8.06. The molecule has 2 aromatic rings. The summed E-state index contributed by atoms with van der Waals surface area (Å²) in [6, 6.07) is 12.3. The largest absolute Gasteiger partial charge is 0.345 e. The lowest BCUT2D eigenvalue weighted by molar-refractivity contribution is -0.147. The predicted octanol–water partition coefficient (Wildman–Crippen LogP) is 6.67. The van der Waals surface area contributed by atoms with E-state index in [-0.39, 0.29) is 36.4 Å². The SMILES string of the molecule is CC(C)N(CC(=O)N(Cc1cccn1Cc1ccccc1Cl)C1CCCCC1)C(=O)C1CCCCC1. The number of benzene rings is 1. The number of amides is 2. The Labute approximate surface area is 221 Å². The first-order chi connectivity index (χ1) is 17.4. The maximum Gasteiger partial charge on any atom is 0.242 e. The van der Waals surface area contributed by atoms with E-state index in [1.54, 1.807) is 0 Å². The summed E-state index contributed by atoms with van der Waals surface area (Å²) in [5.41, 5.74) is 2.17. The molecule has 1 heterocycles. The smallest absolute Gasteiger partial charge is 0.242 e. The fourth-order valence-corrected chi connectivity index (χ4v) is 6.08. The van der Waals surface area contributed by atoms with Crippen molar-refractivity contribution in [2.75, 3.05) is 6.54 Å². The van der Waals surface area contributed by atoms with Crippen LogP contribution in [0.4, 0.5) is 0 Å². The number of rotatable bonds is 9. The molecule has 0 atom stereocenters. The van der Waals surface area contributed by atoms with E-state index in [9.17, 15) is 9.59 Å². The minimum Gasteiger partial charge on any atom is -0.345 e. The van der Waals surface area contributed by atoms with E-state index < -0.39 is 0 Å². The molecule has 196 valence electrons. The normalized spacial score (nSPS) is 17.3. The first-order valence-electron chi connectivity index (χ1n) is 13.9. The number of halogens is 1. The van der Waals surface area contributed by atoms with Gasteiger partial charge in [-0.1, -0.05) is 68.3 Å². The van der Waals surface area contributed by atoms with Gasteiger partial charge in [-0.15, -0.1) is 0 Å². The van der Waals surface area contributed by atoms with Crippen molar-refractivity contribution in [1.82, 2.24) is 14.4 Å². The second-order valence-electron chi connectivity index (χ2n) is 10.9. The van der Waals surface area contributed by atoms with Crippen LogP contribution in [-0.2, 0) is 22.7 Å². The fourth-order valence-electron chi connectivity index (χ4n) is 5.88. The molecule has 1 aromatic heterocycles. The Balaban J connectivity index is 1.52. The number of aromatic nitrogens is 1. The van der Waals surface area contributed by atoms with Crippen LogP contribution in [0.15, 0.2) is 42.6 Å². The zero-order chi connectivity index (χ0) is 25.5. The van der Waals surface area contributed by atoms with E-state index in [0.29, 0.717) is 13.1 Å². The third kappa shape index (κ3) is 6.73. The van der Waals surface area contributed by atoms with Gasteiger partial charge in [-0.2, -0.15) is 0 Å². The van der Waals surface area contributed by atoms with Crippen molar-refractivity contribution in [3.05, 3.63) is 58.9 Å². The van der Waals surface area contributed by atoms with Crippen LogP contribution in [0.3, 0.4) is 0 Å². The number of hydrogen-bond acceptors (Lipinski definition) is 2. The number of carbonyl (C=O) groups is 2. The van der Waals surface area contributed by atoms with Crippen LogP contribution in [0.2, 0.25) is 5.02 Å². The molecule has 1 aromatic carbocycles. The average molecular weight is 512 g/mol. The highest BCUT2D eigenvalue weighted by atomic mass is 35.5. The Morgan fingerprint density at radius 2 is 1.61 bits per heavy atom. The highest BCUT2D eigenvalue weighted by molar-refractivity contribution is 6.31. The molecule has 0 spiro atoms. The molecular formula is C30H42ClN3O2. The van der Waals surface area contributed by atoms with Crippen LogP contribution in [0.5, 0.6) is 0 Å². The molecule has 0 unspecified atom stereocenters. The van der Waals surface area contributed by atoms with Crippen molar-refractivity contribution < 1.29 is 9.59 Å². The Hall–Kier alpha value is -2.27. The van der Waals surface area contributed by atoms with E-state index in [1.165, 1.54) is 12.8 Å². The molecule has 2 fully saturated rings. The Morgan fingerprint density at radius 3 is 2.28 bits per heavy atom. The molecule has 0 saturated heterocycles. The Kier molecular flexibility index (Phi) is 9.53. The Morgan fingerprint density at radius 1 is 0.944 bits per heavy atom. The van der Waals surface area contributed by atoms with E-state index in [1.807, 2.05) is 49.1 Å². The van der Waals surface area contributed by atoms with Crippen molar-refractivity contribution in [2.24, 2.45) is 5.92 Å². The predicted molar refractivity (Wildman–Crippen MR) is 146 cm³/mol. The molecule has 2 amide bonds. The minimum absolute atomic E-state index is 0.0145. The van der Waals surface area contributed by atoms with Gasteiger partial charge in [0.25, 0.3) is 0 Å². The maximum absolute atomic E-state index is 13.9. The van der Waals surface area contributed by atoms with Crippen LogP contribution < -0.4 is 0 Å². The van der Waals surface area contributed by atoms with Crippen LogP contribution in [0.1, 0.15) is 89.3 Å². The molecule has 0 N–H and O–H groups in total. The van der Waals surface area contributed by atoms with Crippen molar-refractivity contribution in [2.45, 2.75) is 103 Å². The molecule has 2 aliphatic rings. The lowest BCUT2D eigenvalue weighted by Gasteiger charge is -2.38. The zero-order valence-electron chi connectivity index (χ0n) is 22.0. The average Bonchev–Trinajstić information content (AvgIpc) is 3.34. The molecule has 6 heteroatoms. The number of nitrogens with zero attached hydrogens (tertiary/aromatic N) is 3. The monoisotopic (exact) mass is 511 g/mol. The minimum atomic E-state index is 0.0145. The van der Waals surface area contributed by atoms with E-state index in [2.05, 4.69) is 21.7 Å². The van der Waals surface area contributed by atoms with Crippen molar-refractivity contribution >= 4 is 23.4 Å². The van der Waals surface area contributed by atoms with Gasteiger partial charge >= 0.3 is 0 Å². The van der Waals surface area contributed by atoms with E-state index in [0.717, 1.165) is 67.6 Å². The molecule has 4 rings (SSSR count). The van der Waals surface area contributed by atoms with Crippen LogP contribution in [0.25, 0.3) is 0 Å². The zero-order valence-corrected chi connectivity index (χ0v) is 22.8. The van der Waals surface area contributed by atoms with Crippen LogP contribution in [0, 0.1) is 5.92 Å². The molecule has 0 radical (unpaired) electrons. The van der Waals surface area contributed by atoms with E-state index >= 15 is 0 Å². The van der Waals surface area contributed by atoms with Gasteiger partial charge in [-0.3, -0.25) is 9.59 Å². The Bertz CT molecular complexity index is 1010. The standard InChI is InChI=1S/C30H42ClN3O2/c1-23(2)33(30(36)24-12-5-3-6-13-24)22-29(35)34(26-15-7-4-8-16-26)21-27-17-11-19-32(27)20-25-14-9-10-18-28(25)31/h9-11,14,17-19,23-24,26H,3-8,12-13,15-16,20-22H2,1-2H3. The van der Waals surface area contributed by atoms with Crippen molar-refractivity contribution in [1.29, 1.82) is 0 Å². The summed E-state index contributed by atoms with van der Waals surface area (Å²) in [7, 11) is 0. The highest BCUT2D eigenvalue weighted by Crippen LogP contribution is 2.28. The van der Waals surface area contributed by atoms with Crippen LogP contribution in [-0.4, -0.2) is 44.8 Å². The number of carbonyl (C=O) groups excluding carboxylic acids is 2. The molecule has 0 bridgehead atoms. The van der Waals surface area contributed by atoms with Crippen molar-refractivity contribution in [3.63, 3.8) is 0 Å². The summed E-state index contributed by atoms with van der Waals surface area (Å²) in [6.07, 6.45) is 13.1. The van der Waals surface area contributed by atoms with Gasteiger partial charge in [0.1, 0.15) is 6.54 Å². The molecule has 2 aliphatic carbocycles. The van der Waals surface area contributed by atoms with Gasteiger partial charge in [0, 0.05) is 41.5 Å². The summed E-state index contributed by atoms with van der Waals surface area (Å²) in [4.78, 5) is 31.2. The maximum atomic E-state index is 13.9. The van der Waals surface area contributed by atoms with Gasteiger partial charge in [0.15, 0.2) is 0 Å². The fraction of sp³-hybridized carbons (Fsp3) is 0.600. The summed E-state index contributed by atoms with van der Waals surface area (Å²) in [6.45, 7) is 5.48. The lowest BCUT2D eigenvalue weighted by atomic mass is 9.88. The summed E-state index contributed by atoms with van der Waals surface area (Å²) in [5, 5.41) is 0.756. The van der Waals surface area contributed by atoms with Crippen LogP contribution >= 0.6 is 11.6 Å². The molecule has 0 aliphatic heterocycles. The third-order valence-corrected chi connectivity index (χ3v) is 8.43.